The van der Waals surface area contributed by atoms with Crippen molar-refractivity contribution in [3.05, 3.63) is 0 Å². The van der Waals surface area contributed by atoms with Gasteiger partial charge in [-0.2, -0.15) is 0 Å². The van der Waals surface area contributed by atoms with Crippen molar-refractivity contribution in [2.45, 2.75) is 59.0 Å². The largest absolute Gasteiger partial charge is 0.337 e. The maximum atomic E-state index is 11.8. The normalized spacial score (nSPS) is 28.5. The molecule has 1 aliphatic rings. The fraction of sp³-hybridized carbons (Fsp3) is 0.909. The molecule has 0 aromatic heterocycles. The minimum Gasteiger partial charge on any atom is -0.337 e. The highest BCUT2D eigenvalue weighted by atomic mass is 16.2. The molecular formula is C11H21NO. The van der Waals surface area contributed by atoms with Crippen LogP contribution in [0.2, 0.25) is 0 Å². The van der Waals surface area contributed by atoms with E-state index in [1.54, 1.807) is 0 Å². The molecule has 0 N–H and O–H groups in total. The van der Waals surface area contributed by atoms with Gasteiger partial charge in [0.2, 0.25) is 5.91 Å². The molecule has 0 aliphatic carbocycles. The number of likely N-dealkylation sites (tertiary alicyclic amines) is 1. The summed E-state index contributed by atoms with van der Waals surface area (Å²) >= 11 is 0. The van der Waals surface area contributed by atoms with Crippen molar-refractivity contribution < 1.29 is 4.79 Å². The molecule has 0 radical (unpaired) electrons. The molecule has 0 spiro atoms. The third kappa shape index (κ3) is 2.45. The Bertz CT molecular complexity index is 179. The molecule has 76 valence electrons. The van der Waals surface area contributed by atoms with Gasteiger partial charge in [0.05, 0.1) is 0 Å². The van der Waals surface area contributed by atoms with Crippen LogP contribution in [-0.2, 0) is 4.79 Å². The molecule has 2 nitrogen and oxygen atoms in total. The molecule has 0 saturated carbocycles. The number of nitrogens with zero attached hydrogens (tertiary/aromatic N) is 1. The topological polar surface area (TPSA) is 20.3 Å². The molecule has 2 atom stereocenters. The Morgan fingerprint density at radius 2 is 1.77 bits per heavy atom. The zero-order valence-electron chi connectivity index (χ0n) is 9.21. The molecule has 1 saturated heterocycles. The number of amides is 1. The van der Waals surface area contributed by atoms with Crippen LogP contribution in [0.5, 0.6) is 0 Å². The minimum atomic E-state index is 0.340. The number of hydrogen-bond donors (Lipinski definition) is 0. The van der Waals surface area contributed by atoms with Gasteiger partial charge in [-0.1, -0.05) is 13.8 Å². The zero-order valence-corrected chi connectivity index (χ0v) is 9.21. The monoisotopic (exact) mass is 183 g/mol. The fourth-order valence-corrected chi connectivity index (χ4v) is 2.14. The van der Waals surface area contributed by atoms with Crippen LogP contribution in [0.1, 0.15) is 47.0 Å². The van der Waals surface area contributed by atoms with Crippen molar-refractivity contribution in [2.24, 2.45) is 5.92 Å². The van der Waals surface area contributed by atoms with E-state index in [1.807, 2.05) is 0 Å². The van der Waals surface area contributed by atoms with Gasteiger partial charge in [-0.15, -0.1) is 0 Å². The fourth-order valence-electron chi connectivity index (χ4n) is 2.14. The molecule has 13 heavy (non-hydrogen) atoms. The maximum absolute atomic E-state index is 11.8. The van der Waals surface area contributed by atoms with Gasteiger partial charge in [-0.25, -0.2) is 0 Å². The Kier molecular flexibility index (Phi) is 3.34. The first-order chi connectivity index (χ1) is 6.02. The SMILES string of the molecule is CC(C)CC(=O)N1C(C)CCC1C. The first-order valence-electron chi connectivity index (χ1n) is 5.33. The summed E-state index contributed by atoms with van der Waals surface area (Å²) < 4.78 is 0. The van der Waals surface area contributed by atoms with Crippen molar-refractivity contribution >= 4 is 5.91 Å². The third-order valence-electron chi connectivity index (χ3n) is 2.82. The second-order valence-electron chi connectivity index (χ2n) is 4.67. The van der Waals surface area contributed by atoms with Crippen LogP contribution in [-0.4, -0.2) is 22.9 Å². The molecule has 2 unspecified atom stereocenters. The quantitative estimate of drug-likeness (QED) is 0.644. The third-order valence-corrected chi connectivity index (χ3v) is 2.82. The van der Waals surface area contributed by atoms with Crippen molar-refractivity contribution in [3.8, 4) is 0 Å². The Morgan fingerprint density at radius 3 is 2.15 bits per heavy atom. The Hall–Kier alpha value is -0.530. The summed E-state index contributed by atoms with van der Waals surface area (Å²) in [7, 11) is 0. The van der Waals surface area contributed by atoms with Crippen molar-refractivity contribution in [2.75, 3.05) is 0 Å². The van der Waals surface area contributed by atoms with E-state index < -0.39 is 0 Å². The van der Waals surface area contributed by atoms with Gasteiger partial charge < -0.3 is 4.90 Å². The smallest absolute Gasteiger partial charge is 0.223 e. The molecular weight excluding hydrogens is 162 g/mol. The van der Waals surface area contributed by atoms with E-state index >= 15 is 0 Å². The van der Waals surface area contributed by atoms with Crippen LogP contribution in [0, 0.1) is 5.92 Å². The molecule has 1 aliphatic heterocycles. The Morgan fingerprint density at radius 1 is 1.31 bits per heavy atom. The molecule has 1 rings (SSSR count). The second kappa shape index (κ2) is 4.12. The minimum absolute atomic E-state index is 0.340. The zero-order chi connectivity index (χ0) is 10.0. The van der Waals surface area contributed by atoms with Crippen LogP contribution in [0.15, 0.2) is 0 Å². The van der Waals surface area contributed by atoms with E-state index in [4.69, 9.17) is 0 Å². The van der Waals surface area contributed by atoms with E-state index in [-0.39, 0.29) is 0 Å². The second-order valence-corrected chi connectivity index (χ2v) is 4.67. The van der Waals surface area contributed by atoms with Crippen LogP contribution in [0.25, 0.3) is 0 Å². The number of carbonyl (C=O) groups excluding carboxylic acids is 1. The van der Waals surface area contributed by atoms with Crippen molar-refractivity contribution in [1.29, 1.82) is 0 Å². The van der Waals surface area contributed by atoms with E-state index in [1.165, 1.54) is 12.8 Å². The lowest BCUT2D eigenvalue weighted by Gasteiger charge is -2.27. The van der Waals surface area contributed by atoms with Crippen LogP contribution < -0.4 is 0 Å². The summed E-state index contributed by atoms with van der Waals surface area (Å²) in [5, 5.41) is 0. The summed E-state index contributed by atoms with van der Waals surface area (Å²) in [5.41, 5.74) is 0. The highest BCUT2D eigenvalue weighted by molar-refractivity contribution is 5.77. The van der Waals surface area contributed by atoms with Gasteiger partial charge in [-0.05, 0) is 32.6 Å². The van der Waals surface area contributed by atoms with E-state index in [9.17, 15) is 4.79 Å². The highest BCUT2D eigenvalue weighted by Crippen LogP contribution is 2.24. The van der Waals surface area contributed by atoms with Crippen molar-refractivity contribution in [3.63, 3.8) is 0 Å². The van der Waals surface area contributed by atoms with Crippen LogP contribution in [0.3, 0.4) is 0 Å². The van der Waals surface area contributed by atoms with E-state index in [0.717, 1.165) is 0 Å². The molecule has 1 fully saturated rings. The van der Waals surface area contributed by atoms with Gasteiger partial charge in [0.15, 0.2) is 0 Å². The molecule has 0 aromatic carbocycles. The number of carbonyl (C=O) groups is 1. The summed E-state index contributed by atoms with van der Waals surface area (Å²) in [6, 6.07) is 0.919. The maximum Gasteiger partial charge on any atom is 0.223 e. The van der Waals surface area contributed by atoms with Gasteiger partial charge in [0.1, 0.15) is 0 Å². The van der Waals surface area contributed by atoms with Gasteiger partial charge >= 0.3 is 0 Å². The van der Waals surface area contributed by atoms with Gasteiger partial charge in [0.25, 0.3) is 0 Å². The molecule has 0 aromatic rings. The summed E-state index contributed by atoms with van der Waals surface area (Å²) in [6.45, 7) is 8.51. The van der Waals surface area contributed by atoms with E-state index in [2.05, 4.69) is 32.6 Å². The average Bonchev–Trinajstić information content (AvgIpc) is 2.29. The van der Waals surface area contributed by atoms with Gasteiger partial charge in [-0.3, -0.25) is 4.79 Å². The standard InChI is InChI=1S/C11H21NO/c1-8(2)7-11(13)12-9(3)5-6-10(12)4/h8-10H,5-7H2,1-4H3. The summed E-state index contributed by atoms with van der Waals surface area (Å²) in [5.74, 6) is 0.819. The van der Waals surface area contributed by atoms with Crippen LogP contribution in [0.4, 0.5) is 0 Å². The number of rotatable bonds is 2. The van der Waals surface area contributed by atoms with E-state index in [0.29, 0.717) is 30.3 Å². The first kappa shape index (κ1) is 10.6. The predicted molar refractivity (Wildman–Crippen MR) is 54.5 cm³/mol. The Balaban J connectivity index is 2.54. The molecule has 1 heterocycles. The van der Waals surface area contributed by atoms with Crippen molar-refractivity contribution in [1.82, 2.24) is 4.90 Å². The summed E-state index contributed by atoms with van der Waals surface area (Å²) in [6.07, 6.45) is 3.05. The predicted octanol–water partition coefficient (Wildman–Crippen LogP) is 2.43. The summed E-state index contributed by atoms with van der Waals surface area (Å²) in [4.78, 5) is 13.9. The highest BCUT2D eigenvalue weighted by Gasteiger charge is 2.30. The lowest BCUT2D eigenvalue weighted by Crippen LogP contribution is -2.38. The Labute approximate surface area is 81.3 Å². The average molecular weight is 183 g/mol. The first-order valence-corrected chi connectivity index (χ1v) is 5.33. The molecule has 0 bridgehead atoms. The molecule has 1 amide bonds. The lowest BCUT2D eigenvalue weighted by molar-refractivity contribution is -0.134. The molecule has 2 heteroatoms. The van der Waals surface area contributed by atoms with Gasteiger partial charge in [0, 0.05) is 18.5 Å². The lowest BCUT2D eigenvalue weighted by atomic mass is 10.1. The number of hydrogen-bond acceptors (Lipinski definition) is 1. The van der Waals surface area contributed by atoms with Crippen LogP contribution >= 0.6 is 0 Å².